The number of hydrogen-bond acceptors (Lipinski definition) is 3. The summed E-state index contributed by atoms with van der Waals surface area (Å²) >= 11 is 0. The Labute approximate surface area is 130 Å². The Morgan fingerprint density at radius 1 is 1.14 bits per heavy atom. The van der Waals surface area contributed by atoms with Gasteiger partial charge in [0.05, 0.1) is 18.5 Å². The molecule has 0 aliphatic rings. The standard InChI is InChI=1S/C18H32N2O/c1-5-9-10-15(6-2)14-21-16-11-12-18(20-13-16)17(7-3)19-8-4/h11-13,15,17,19H,5-10,14H2,1-4H3. The average molecular weight is 292 g/mol. The van der Waals surface area contributed by atoms with E-state index in [1.807, 2.05) is 6.20 Å². The Balaban J connectivity index is 2.49. The average Bonchev–Trinajstić information content (AvgIpc) is 2.53. The summed E-state index contributed by atoms with van der Waals surface area (Å²) in [4.78, 5) is 4.55. The van der Waals surface area contributed by atoms with Gasteiger partial charge in [-0.25, -0.2) is 0 Å². The molecule has 3 nitrogen and oxygen atoms in total. The Kier molecular flexibility index (Phi) is 9.07. The molecule has 0 radical (unpaired) electrons. The highest BCUT2D eigenvalue weighted by molar-refractivity contribution is 5.21. The molecule has 0 aliphatic heterocycles. The van der Waals surface area contributed by atoms with Crippen molar-refractivity contribution in [3.8, 4) is 5.75 Å². The van der Waals surface area contributed by atoms with E-state index >= 15 is 0 Å². The van der Waals surface area contributed by atoms with Gasteiger partial charge in [-0.15, -0.1) is 0 Å². The lowest BCUT2D eigenvalue weighted by molar-refractivity contribution is 0.232. The van der Waals surface area contributed by atoms with Gasteiger partial charge >= 0.3 is 0 Å². The summed E-state index contributed by atoms with van der Waals surface area (Å²) in [6, 6.07) is 4.48. The lowest BCUT2D eigenvalue weighted by atomic mass is 10.0. The second kappa shape index (κ2) is 10.6. The quantitative estimate of drug-likeness (QED) is 0.640. The molecule has 0 amide bonds. The summed E-state index contributed by atoms with van der Waals surface area (Å²) in [5.74, 6) is 1.55. The van der Waals surface area contributed by atoms with Crippen LogP contribution in [0, 0.1) is 5.92 Å². The molecular formula is C18H32N2O. The van der Waals surface area contributed by atoms with Gasteiger partial charge in [-0.1, -0.05) is 47.0 Å². The molecule has 21 heavy (non-hydrogen) atoms. The monoisotopic (exact) mass is 292 g/mol. The molecule has 0 spiro atoms. The minimum absolute atomic E-state index is 0.344. The summed E-state index contributed by atoms with van der Waals surface area (Å²) in [5, 5.41) is 3.45. The highest BCUT2D eigenvalue weighted by Crippen LogP contribution is 2.19. The van der Waals surface area contributed by atoms with Gasteiger partial charge in [0, 0.05) is 6.04 Å². The van der Waals surface area contributed by atoms with Gasteiger partial charge in [-0.05, 0) is 37.4 Å². The van der Waals surface area contributed by atoms with Crippen molar-refractivity contribution in [2.24, 2.45) is 5.92 Å². The van der Waals surface area contributed by atoms with Crippen LogP contribution in [0.2, 0.25) is 0 Å². The molecule has 0 aliphatic carbocycles. The molecule has 0 saturated heterocycles. The van der Waals surface area contributed by atoms with Gasteiger partial charge in [-0.2, -0.15) is 0 Å². The molecule has 1 aromatic rings. The van der Waals surface area contributed by atoms with E-state index in [2.05, 4.69) is 50.1 Å². The summed E-state index contributed by atoms with van der Waals surface area (Å²) in [7, 11) is 0. The SMILES string of the molecule is CCCCC(CC)COc1ccc(C(CC)NCC)nc1. The van der Waals surface area contributed by atoms with Crippen LogP contribution in [0.25, 0.3) is 0 Å². The van der Waals surface area contributed by atoms with E-state index < -0.39 is 0 Å². The third-order valence-electron chi connectivity index (χ3n) is 4.00. The predicted molar refractivity (Wildman–Crippen MR) is 89.7 cm³/mol. The van der Waals surface area contributed by atoms with E-state index in [0.717, 1.165) is 31.0 Å². The van der Waals surface area contributed by atoms with Crippen LogP contribution >= 0.6 is 0 Å². The molecular weight excluding hydrogens is 260 g/mol. The smallest absolute Gasteiger partial charge is 0.137 e. The van der Waals surface area contributed by atoms with Crippen LogP contribution in [0.4, 0.5) is 0 Å². The predicted octanol–water partition coefficient (Wildman–Crippen LogP) is 4.74. The van der Waals surface area contributed by atoms with Gasteiger partial charge in [0.15, 0.2) is 0 Å². The molecule has 1 heterocycles. The fourth-order valence-electron chi connectivity index (χ4n) is 2.50. The van der Waals surface area contributed by atoms with Crippen molar-refractivity contribution in [3.63, 3.8) is 0 Å². The number of nitrogens with one attached hydrogen (secondary N) is 1. The van der Waals surface area contributed by atoms with E-state index in [4.69, 9.17) is 4.74 Å². The van der Waals surface area contributed by atoms with Crippen molar-refractivity contribution in [2.75, 3.05) is 13.2 Å². The van der Waals surface area contributed by atoms with Crippen LogP contribution < -0.4 is 10.1 Å². The van der Waals surface area contributed by atoms with E-state index in [-0.39, 0.29) is 0 Å². The third-order valence-corrected chi connectivity index (χ3v) is 4.00. The molecule has 0 fully saturated rings. The molecule has 1 aromatic heterocycles. The Morgan fingerprint density at radius 2 is 1.95 bits per heavy atom. The number of pyridine rings is 1. The van der Waals surface area contributed by atoms with Crippen molar-refractivity contribution >= 4 is 0 Å². The molecule has 0 aromatic carbocycles. The minimum atomic E-state index is 0.344. The largest absolute Gasteiger partial charge is 0.492 e. The number of rotatable bonds is 11. The maximum atomic E-state index is 5.90. The van der Waals surface area contributed by atoms with Crippen molar-refractivity contribution < 1.29 is 4.74 Å². The van der Waals surface area contributed by atoms with Crippen molar-refractivity contribution in [1.29, 1.82) is 0 Å². The number of aromatic nitrogens is 1. The Bertz CT molecular complexity index is 364. The number of ether oxygens (including phenoxy) is 1. The number of hydrogen-bond donors (Lipinski definition) is 1. The maximum Gasteiger partial charge on any atom is 0.137 e. The van der Waals surface area contributed by atoms with Crippen molar-refractivity contribution in [1.82, 2.24) is 10.3 Å². The normalized spacial score (nSPS) is 13.9. The maximum absolute atomic E-state index is 5.90. The van der Waals surface area contributed by atoms with Crippen LogP contribution in [-0.2, 0) is 0 Å². The van der Waals surface area contributed by atoms with Gasteiger partial charge in [0.2, 0.25) is 0 Å². The first kappa shape index (κ1) is 18.0. The molecule has 1 N–H and O–H groups in total. The zero-order valence-electron chi connectivity index (χ0n) is 14.2. The number of nitrogens with zero attached hydrogens (tertiary/aromatic N) is 1. The van der Waals surface area contributed by atoms with E-state index in [1.165, 1.54) is 25.7 Å². The summed E-state index contributed by atoms with van der Waals surface area (Å²) < 4.78 is 5.90. The molecule has 2 unspecified atom stereocenters. The van der Waals surface area contributed by atoms with Crippen LogP contribution in [0.1, 0.15) is 71.5 Å². The van der Waals surface area contributed by atoms with Gasteiger partial charge in [0.1, 0.15) is 5.75 Å². The second-order valence-electron chi connectivity index (χ2n) is 5.66. The molecule has 0 bridgehead atoms. The van der Waals surface area contributed by atoms with Crippen molar-refractivity contribution in [2.45, 2.75) is 65.8 Å². The first-order chi connectivity index (χ1) is 10.2. The Morgan fingerprint density at radius 3 is 2.48 bits per heavy atom. The molecule has 2 atom stereocenters. The van der Waals surface area contributed by atoms with Crippen LogP contribution in [-0.4, -0.2) is 18.1 Å². The van der Waals surface area contributed by atoms with E-state index in [9.17, 15) is 0 Å². The fourth-order valence-corrected chi connectivity index (χ4v) is 2.50. The lowest BCUT2D eigenvalue weighted by Crippen LogP contribution is -2.21. The molecule has 3 heteroatoms. The minimum Gasteiger partial charge on any atom is -0.492 e. The lowest BCUT2D eigenvalue weighted by Gasteiger charge is -2.17. The first-order valence-corrected chi connectivity index (χ1v) is 8.57. The van der Waals surface area contributed by atoms with Gasteiger partial charge in [-0.3, -0.25) is 4.98 Å². The van der Waals surface area contributed by atoms with Gasteiger partial charge in [0.25, 0.3) is 0 Å². The second-order valence-corrected chi connectivity index (χ2v) is 5.66. The van der Waals surface area contributed by atoms with Crippen LogP contribution in [0.3, 0.4) is 0 Å². The van der Waals surface area contributed by atoms with Gasteiger partial charge < -0.3 is 10.1 Å². The van der Waals surface area contributed by atoms with Crippen molar-refractivity contribution in [3.05, 3.63) is 24.0 Å². The fraction of sp³-hybridized carbons (Fsp3) is 0.722. The summed E-state index contributed by atoms with van der Waals surface area (Å²) in [6.45, 7) is 10.6. The topological polar surface area (TPSA) is 34.1 Å². The zero-order valence-corrected chi connectivity index (χ0v) is 14.2. The highest BCUT2D eigenvalue weighted by atomic mass is 16.5. The Hall–Kier alpha value is -1.09. The highest BCUT2D eigenvalue weighted by Gasteiger charge is 2.10. The summed E-state index contributed by atoms with van der Waals surface area (Å²) in [5.41, 5.74) is 1.10. The zero-order chi connectivity index (χ0) is 15.5. The van der Waals surface area contributed by atoms with Crippen LogP contribution in [0.5, 0.6) is 5.75 Å². The number of unbranched alkanes of at least 4 members (excludes halogenated alkanes) is 1. The summed E-state index contributed by atoms with van der Waals surface area (Å²) in [6.07, 6.45) is 7.91. The van der Waals surface area contributed by atoms with E-state index in [1.54, 1.807) is 0 Å². The van der Waals surface area contributed by atoms with E-state index in [0.29, 0.717) is 12.0 Å². The molecule has 1 rings (SSSR count). The van der Waals surface area contributed by atoms with Crippen LogP contribution in [0.15, 0.2) is 18.3 Å². The third kappa shape index (κ3) is 6.47. The first-order valence-electron chi connectivity index (χ1n) is 8.57. The molecule has 0 saturated carbocycles. The molecule has 120 valence electrons.